The Hall–Kier alpha value is -2.08. The summed E-state index contributed by atoms with van der Waals surface area (Å²) < 4.78 is 5.65. The number of hydrogen-bond acceptors (Lipinski definition) is 5. The maximum Gasteiger partial charge on any atom is 0.107 e. The molecule has 1 saturated heterocycles. The Morgan fingerprint density at radius 3 is 2.45 bits per heavy atom. The molecule has 1 heterocycles. The molecule has 5 nitrogen and oxygen atoms in total. The van der Waals surface area contributed by atoms with Gasteiger partial charge in [-0.3, -0.25) is 0 Å². The van der Waals surface area contributed by atoms with E-state index in [1.54, 1.807) is 0 Å². The number of ether oxygens (including phenoxy) is 1. The van der Waals surface area contributed by atoms with Gasteiger partial charge in [0.15, 0.2) is 0 Å². The van der Waals surface area contributed by atoms with E-state index >= 15 is 0 Å². The molecular formula is C17H18N2O3. The van der Waals surface area contributed by atoms with Gasteiger partial charge in [0.05, 0.1) is 30.2 Å². The minimum absolute atomic E-state index is 0.176. The topological polar surface area (TPSA) is 74.4 Å². The van der Waals surface area contributed by atoms with Gasteiger partial charge in [0.1, 0.15) is 6.10 Å². The van der Waals surface area contributed by atoms with Crippen LogP contribution in [0.1, 0.15) is 18.1 Å². The van der Waals surface area contributed by atoms with E-state index in [4.69, 9.17) is 9.84 Å². The lowest BCUT2D eigenvalue weighted by Crippen LogP contribution is -2.24. The van der Waals surface area contributed by atoms with Gasteiger partial charge in [0.2, 0.25) is 0 Å². The highest BCUT2D eigenvalue weighted by Gasteiger charge is 2.34. The first-order valence-electron chi connectivity index (χ1n) is 7.27. The second-order valence-electron chi connectivity index (χ2n) is 5.28. The number of nitrogens with zero attached hydrogens (tertiary/aromatic N) is 2. The first-order valence-corrected chi connectivity index (χ1v) is 7.27. The molecule has 0 aromatic heterocycles. The van der Waals surface area contributed by atoms with Gasteiger partial charge in [-0.2, -0.15) is 10.2 Å². The van der Waals surface area contributed by atoms with Crippen LogP contribution in [0.15, 0.2) is 64.8 Å². The van der Waals surface area contributed by atoms with Crippen molar-refractivity contribution in [3.05, 3.63) is 60.2 Å². The molecule has 1 aliphatic rings. The number of aliphatic hydroxyl groups is 2. The molecule has 2 N–H and O–H groups in total. The zero-order valence-corrected chi connectivity index (χ0v) is 12.0. The molecule has 1 aliphatic heterocycles. The molecule has 2 aromatic rings. The quantitative estimate of drug-likeness (QED) is 0.851. The van der Waals surface area contributed by atoms with E-state index in [1.165, 1.54) is 0 Å². The van der Waals surface area contributed by atoms with Crippen LogP contribution in [-0.4, -0.2) is 29.0 Å². The zero-order chi connectivity index (χ0) is 15.4. The van der Waals surface area contributed by atoms with E-state index in [1.807, 2.05) is 54.6 Å². The summed E-state index contributed by atoms with van der Waals surface area (Å²) in [6, 6.07) is 17.1. The summed E-state index contributed by atoms with van der Waals surface area (Å²) in [5.41, 5.74) is 2.45. The summed E-state index contributed by atoms with van der Waals surface area (Å²) in [7, 11) is 0. The van der Waals surface area contributed by atoms with Gasteiger partial charge in [0.25, 0.3) is 0 Å². The fourth-order valence-corrected chi connectivity index (χ4v) is 2.51. The monoisotopic (exact) mass is 298 g/mol. The van der Waals surface area contributed by atoms with E-state index in [0.29, 0.717) is 6.42 Å². The van der Waals surface area contributed by atoms with Crippen molar-refractivity contribution in [2.24, 2.45) is 10.2 Å². The van der Waals surface area contributed by atoms with Crippen LogP contribution in [-0.2, 0) is 4.74 Å². The molecule has 0 amide bonds. The van der Waals surface area contributed by atoms with Gasteiger partial charge in [0, 0.05) is 6.42 Å². The van der Waals surface area contributed by atoms with Gasteiger partial charge in [-0.05, 0) is 29.8 Å². The van der Waals surface area contributed by atoms with E-state index in [0.717, 1.165) is 16.9 Å². The fourth-order valence-electron chi connectivity index (χ4n) is 2.51. The number of rotatable bonds is 4. The average Bonchev–Trinajstić information content (AvgIpc) is 2.95. The van der Waals surface area contributed by atoms with Crippen molar-refractivity contribution in [1.82, 2.24) is 0 Å². The van der Waals surface area contributed by atoms with Crippen molar-refractivity contribution in [3.63, 3.8) is 0 Å². The van der Waals surface area contributed by atoms with Crippen molar-refractivity contribution < 1.29 is 14.9 Å². The minimum Gasteiger partial charge on any atom is -0.394 e. The Labute approximate surface area is 128 Å². The lowest BCUT2D eigenvalue weighted by atomic mass is 10.0. The lowest BCUT2D eigenvalue weighted by molar-refractivity contribution is -0.0225. The summed E-state index contributed by atoms with van der Waals surface area (Å²) in [5, 5.41) is 27.4. The van der Waals surface area contributed by atoms with Crippen LogP contribution in [0.25, 0.3) is 0 Å². The highest BCUT2D eigenvalue weighted by molar-refractivity contribution is 5.42. The standard InChI is InChI=1S/C17H18N2O3/c20-11-17-15(21)10-16(22-17)12-5-4-8-14(9-12)19-18-13-6-2-1-3-7-13/h1-9,15-17,20-21H,10-11H2/t15-,16+,17+/m0/s1. The molecule has 0 saturated carbocycles. The molecule has 22 heavy (non-hydrogen) atoms. The number of azo groups is 1. The SMILES string of the molecule is OC[C@H]1O[C@@H](c2cccc(N=Nc3ccccc3)c2)C[C@@H]1O. The molecule has 0 spiro atoms. The van der Waals surface area contributed by atoms with Gasteiger partial charge < -0.3 is 14.9 Å². The molecule has 0 aliphatic carbocycles. The molecule has 0 bridgehead atoms. The summed E-state index contributed by atoms with van der Waals surface area (Å²) >= 11 is 0. The second kappa shape index (κ2) is 6.79. The minimum atomic E-state index is -0.635. The predicted molar refractivity (Wildman–Crippen MR) is 82.4 cm³/mol. The Bertz CT molecular complexity index is 645. The average molecular weight is 298 g/mol. The zero-order valence-electron chi connectivity index (χ0n) is 12.0. The van der Waals surface area contributed by atoms with E-state index < -0.39 is 12.2 Å². The molecule has 1 fully saturated rings. The normalized spacial score (nSPS) is 24.9. The highest BCUT2D eigenvalue weighted by atomic mass is 16.5. The molecule has 3 rings (SSSR count). The Morgan fingerprint density at radius 2 is 1.73 bits per heavy atom. The van der Waals surface area contributed by atoms with Crippen molar-refractivity contribution >= 4 is 11.4 Å². The third kappa shape index (κ3) is 3.39. The fraction of sp³-hybridized carbons (Fsp3) is 0.294. The molecule has 0 unspecified atom stereocenters. The summed E-state index contributed by atoms with van der Waals surface area (Å²) in [6.45, 7) is -0.176. The summed E-state index contributed by atoms with van der Waals surface area (Å²) in [5.74, 6) is 0. The number of hydrogen-bond donors (Lipinski definition) is 2. The first-order chi connectivity index (χ1) is 10.8. The Balaban J connectivity index is 1.75. The predicted octanol–water partition coefficient (Wildman–Crippen LogP) is 3.29. The van der Waals surface area contributed by atoms with Crippen LogP contribution in [0.5, 0.6) is 0 Å². The van der Waals surface area contributed by atoms with Crippen molar-refractivity contribution in [2.75, 3.05) is 6.61 Å². The van der Waals surface area contributed by atoms with Crippen LogP contribution in [0.2, 0.25) is 0 Å². The van der Waals surface area contributed by atoms with Crippen LogP contribution in [0.4, 0.5) is 11.4 Å². The Kier molecular flexibility index (Phi) is 4.58. The Morgan fingerprint density at radius 1 is 1.00 bits per heavy atom. The molecule has 3 atom stereocenters. The summed E-state index contributed by atoms with van der Waals surface area (Å²) in [6.07, 6.45) is -0.895. The molecule has 2 aromatic carbocycles. The number of benzene rings is 2. The third-order valence-corrected chi connectivity index (χ3v) is 3.68. The maximum absolute atomic E-state index is 9.82. The van der Waals surface area contributed by atoms with Gasteiger partial charge in [-0.1, -0.05) is 30.3 Å². The van der Waals surface area contributed by atoms with E-state index in [-0.39, 0.29) is 12.7 Å². The smallest absolute Gasteiger partial charge is 0.107 e. The van der Waals surface area contributed by atoms with Crippen LogP contribution >= 0.6 is 0 Å². The molecule has 0 radical (unpaired) electrons. The lowest BCUT2D eigenvalue weighted by Gasteiger charge is -2.12. The molecule has 5 heteroatoms. The summed E-state index contributed by atoms with van der Waals surface area (Å²) in [4.78, 5) is 0. The van der Waals surface area contributed by atoms with Gasteiger partial charge in [-0.25, -0.2) is 0 Å². The second-order valence-corrected chi connectivity index (χ2v) is 5.28. The molecule has 114 valence electrons. The van der Waals surface area contributed by atoms with Crippen molar-refractivity contribution in [3.8, 4) is 0 Å². The largest absolute Gasteiger partial charge is 0.394 e. The first kappa shape index (κ1) is 14.8. The van der Waals surface area contributed by atoms with Crippen molar-refractivity contribution in [2.45, 2.75) is 24.7 Å². The third-order valence-electron chi connectivity index (χ3n) is 3.68. The van der Waals surface area contributed by atoms with Gasteiger partial charge >= 0.3 is 0 Å². The van der Waals surface area contributed by atoms with Crippen molar-refractivity contribution in [1.29, 1.82) is 0 Å². The highest BCUT2D eigenvalue weighted by Crippen LogP contribution is 2.34. The molecular weight excluding hydrogens is 280 g/mol. The van der Waals surface area contributed by atoms with E-state index in [9.17, 15) is 5.11 Å². The van der Waals surface area contributed by atoms with Crippen LogP contribution < -0.4 is 0 Å². The van der Waals surface area contributed by atoms with E-state index in [2.05, 4.69) is 10.2 Å². The number of aliphatic hydroxyl groups excluding tert-OH is 2. The van der Waals surface area contributed by atoms with Crippen LogP contribution in [0.3, 0.4) is 0 Å². The van der Waals surface area contributed by atoms with Gasteiger partial charge in [-0.15, -0.1) is 0 Å². The van der Waals surface area contributed by atoms with Crippen LogP contribution in [0, 0.1) is 0 Å². The maximum atomic E-state index is 9.82.